The average molecular weight is 187 g/mol. The number of hydrogen-bond acceptors (Lipinski definition) is 1. The van der Waals surface area contributed by atoms with Crippen LogP contribution in [0.4, 0.5) is 0 Å². The van der Waals surface area contributed by atoms with Gasteiger partial charge in [-0.1, -0.05) is 0 Å². The van der Waals surface area contributed by atoms with Gasteiger partial charge in [0, 0.05) is 22.8 Å². The predicted molar refractivity (Wildman–Crippen MR) is 44.3 cm³/mol. The smallest absolute Gasteiger partial charge is 0.664 e. The van der Waals surface area contributed by atoms with E-state index in [1.165, 1.54) is 0 Å². The third-order valence-electron chi connectivity index (χ3n) is 0.602. The molecule has 0 heterocycles. The van der Waals surface area contributed by atoms with Crippen molar-refractivity contribution in [3.8, 4) is 0 Å². The molecule has 0 spiro atoms. The van der Waals surface area contributed by atoms with Crippen molar-refractivity contribution in [3.63, 3.8) is 0 Å². The van der Waals surface area contributed by atoms with E-state index in [2.05, 4.69) is 18.5 Å². The van der Waals surface area contributed by atoms with Crippen LogP contribution in [0.5, 0.6) is 0 Å². The number of rotatable bonds is 3. The summed E-state index contributed by atoms with van der Waals surface area (Å²) in [5.74, 6) is 0.705. The first-order chi connectivity index (χ1) is 4.27. The monoisotopic (exact) mass is 187 g/mol. The topological polar surface area (TPSA) is 31.2 Å². The molecular formula is C6H14KNOS. The molecule has 0 aromatic heterocycles. The molecule has 0 aliphatic rings. The van der Waals surface area contributed by atoms with Gasteiger partial charge in [-0.2, -0.15) is 7.05 Å². The van der Waals surface area contributed by atoms with Crippen LogP contribution in [0.2, 0.25) is 0 Å². The summed E-state index contributed by atoms with van der Waals surface area (Å²) < 4.78 is 10.3. The van der Waals surface area contributed by atoms with E-state index < -0.39 is 10.8 Å². The molecule has 0 aromatic carbocycles. The SMILES string of the molecule is C=C.C[N-]CCS(C)=O.[K+]. The Bertz CT molecular complexity index is 80.1. The van der Waals surface area contributed by atoms with E-state index in [0.29, 0.717) is 5.75 Å². The van der Waals surface area contributed by atoms with Crippen LogP contribution >= 0.6 is 0 Å². The molecule has 10 heavy (non-hydrogen) atoms. The molecule has 4 heteroatoms. The van der Waals surface area contributed by atoms with E-state index in [1.54, 1.807) is 13.3 Å². The predicted octanol–water partition coefficient (Wildman–Crippen LogP) is -1.83. The second-order valence-electron chi connectivity index (χ2n) is 1.32. The molecule has 0 amide bonds. The van der Waals surface area contributed by atoms with Crippen LogP contribution in [0.3, 0.4) is 0 Å². The molecule has 1 unspecified atom stereocenters. The zero-order valence-electron chi connectivity index (χ0n) is 7.09. The summed E-state index contributed by atoms with van der Waals surface area (Å²) in [6, 6.07) is 0. The van der Waals surface area contributed by atoms with Crippen molar-refractivity contribution in [3.05, 3.63) is 18.5 Å². The molecule has 0 saturated carbocycles. The average Bonchev–Trinajstić information content (AvgIpc) is 1.88. The molecule has 0 aromatic rings. The van der Waals surface area contributed by atoms with Gasteiger partial charge in [0.15, 0.2) is 0 Å². The quantitative estimate of drug-likeness (QED) is 0.378. The third-order valence-corrected chi connectivity index (χ3v) is 1.36. The molecule has 2 nitrogen and oxygen atoms in total. The van der Waals surface area contributed by atoms with Gasteiger partial charge < -0.3 is 5.32 Å². The molecule has 1 atom stereocenters. The largest absolute Gasteiger partial charge is 1.00 e. The van der Waals surface area contributed by atoms with Gasteiger partial charge in [0.1, 0.15) is 0 Å². The fraction of sp³-hybridized carbons (Fsp3) is 0.667. The molecule has 0 bridgehead atoms. The molecule has 0 N–H and O–H groups in total. The van der Waals surface area contributed by atoms with Gasteiger partial charge in [0.05, 0.1) is 0 Å². The Kier molecular flexibility index (Phi) is 29.5. The minimum absolute atomic E-state index is 0. The molecule has 0 aliphatic carbocycles. The number of hydrogen-bond donors (Lipinski definition) is 0. The van der Waals surface area contributed by atoms with Crippen molar-refractivity contribution in [2.75, 3.05) is 25.6 Å². The molecule has 56 valence electrons. The van der Waals surface area contributed by atoms with Crippen LogP contribution in [0.25, 0.3) is 5.32 Å². The Labute approximate surface area is 109 Å². The Morgan fingerprint density at radius 1 is 1.50 bits per heavy atom. The molecule has 0 aliphatic heterocycles. The van der Waals surface area contributed by atoms with Crippen LogP contribution in [0, 0.1) is 0 Å². The molecular weight excluding hydrogens is 173 g/mol. The normalized spacial score (nSPS) is 10.2. The molecule has 0 saturated heterocycles. The summed E-state index contributed by atoms with van der Waals surface area (Å²) >= 11 is 0. The second-order valence-corrected chi connectivity index (χ2v) is 2.87. The van der Waals surface area contributed by atoms with Gasteiger partial charge in [-0.25, -0.2) is 0 Å². The summed E-state index contributed by atoms with van der Waals surface area (Å²) in [6.45, 7) is 6.73. The zero-order valence-corrected chi connectivity index (χ0v) is 11.0. The van der Waals surface area contributed by atoms with Gasteiger partial charge in [0.2, 0.25) is 0 Å². The van der Waals surface area contributed by atoms with Crippen molar-refractivity contribution < 1.29 is 55.6 Å². The van der Waals surface area contributed by atoms with Crippen molar-refractivity contribution >= 4 is 10.8 Å². The van der Waals surface area contributed by atoms with Gasteiger partial charge in [-0.3, -0.25) is 4.21 Å². The van der Waals surface area contributed by atoms with E-state index in [4.69, 9.17) is 0 Å². The van der Waals surface area contributed by atoms with Gasteiger partial charge in [-0.15, -0.1) is 19.7 Å². The summed E-state index contributed by atoms with van der Waals surface area (Å²) in [6.07, 6.45) is 1.69. The standard InChI is InChI=1S/C4H10NOS.C2H4.K/c1-5-3-4-7(2)6;1-2;/h3-4H2,1-2H3;1-2H2;/q-1;;+1. The molecule has 0 fully saturated rings. The summed E-state index contributed by atoms with van der Waals surface area (Å²) in [7, 11) is 1.07. The molecule has 0 rings (SSSR count). The maximum atomic E-state index is 10.3. The minimum Gasteiger partial charge on any atom is -0.664 e. The van der Waals surface area contributed by atoms with Crippen LogP contribution in [-0.4, -0.2) is 29.8 Å². The zero-order chi connectivity index (χ0) is 7.70. The minimum atomic E-state index is -0.659. The van der Waals surface area contributed by atoms with Crippen molar-refractivity contribution in [1.82, 2.24) is 0 Å². The maximum Gasteiger partial charge on any atom is 1.00 e. The van der Waals surface area contributed by atoms with Gasteiger partial charge in [-0.05, 0) is 0 Å². The first kappa shape index (κ1) is 17.5. The van der Waals surface area contributed by atoms with Crippen LogP contribution < -0.4 is 51.4 Å². The summed E-state index contributed by atoms with van der Waals surface area (Å²) in [5, 5.41) is 3.78. The van der Waals surface area contributed by atoms with Crippen molar-refractivity contribution in [1.29, 1.82) is 0 Å². The van der Waals surface area contributed by atoms with E-state index in [0.717, 1.165) is 6.54 Å². The first-order valence-corrected chi connectivity index (χ1v) is 4.35. The molecule has 0 radical (unpaired) electrons. The third kappa shape index (κ3) is 22.7. The fourth-order valence-corrected chi connectivity index (χ4v) is 0.660. The summed E-state index contributed by atoms with van der Waals surface area (Å²) in [5.41, 5.74) is 0. The van der Waals surface area contributed by atoms with E-state index in [9.17, 15) is 4.21 Å². The fourth-order valence-electron chi connectivity index (χ4n) is 0.220. The Morgan fingerprint density at radius 3 is 2.00 bits per heavy atom. The van der Waals surface area contributed by atoms with E-state index >= 15 is 0 Å². The number of nitrogens with zero attached hydrogens (tertiary/aromatic N) is 1. The van der Waals surface area contributed by atoms with Crippen LogP contribution in [0.1, 0.15) is 0 Å². The van der Waals surface area contributed by atoms with Crippen molar-refractivity contribution in [2.24, 2.45) is 0 Å². The maximum absolute atomic E-state index is 10.3. The Morgan fingerprint density at radius 2 is 1.90 bits per heavy atom. The van der Waals surface area contributed by atoms with Gasteiger partial charge in [0.25, 0.3) is 0 Å². The van der Waals surface area contributed by atoms with E-state index in [-0.39, 0.29) is 51.4 Å². The second kappa shape index (κ2) is 16.8. The first-order valence-electron chi connectivity index (χ1n) is 2.63. The Balaban J connectivity index is -0.000000149. The van der Waals surface area contributed by atoms with Crippen LogP contribution in [0.15, 0.2) is 13.2 Å². The van der Waals surface area contributed by atoms with Crippen LogP contribution in [-0.2, 0) is 10.8 Å². The van der Waals surface area contributed by atoms with E-state index in [1.807, 2.05) is 0 Å². The van der Waals surface area contributed by atoms with Gasteiger partial charge >= 0.3 is 51.4 Å². The Hall–Kier alpha value is 1.49. The van der Waals surface area contributed by atoms with Crippen molar-refractivity contribution in [2.45, 2.75) is 0 Å². The summed E-state index contributed by atoms with van der Waals surface area (Å²) in [4.78, 5) is 0.